The molecule has 0 radical (unpaired) electrons. The first kappa shape index (κ1) is 17.5. The third-order valence-electron chi connectivity index (χ3n) is 2.92. The third-order valence-corrected chi connectivity index (χ3v) is 3.75. The lowest BCUT2D eigenvalue weighted by atomic mass is 10.2. The van der Waals surface area contributed by atoms with Gasteiger partial charge in [0.2, 0.25) is 0 Å². The van der Waals surface area contributed by atoms with Crippen LogP contribution < -0.4 is 15.8 Å². The van der Waals surface area contributed by atoms with Gasteiger partial charge >= 0.3 is 5.97 Å². The topological polar surface area (TPSA) is 108 Å². The number of rotatable bonds is 7. The molecule has 0 spiro atoms. The predicted octanol–water partition coefficient (Wildman–Crippen LogP) is 2.04. The number of carbonyl (C=O) groups is 3. The minimum atomic E-state index is -0.645. The minimum absolute atomic E-state index is 0.189. The zero-order valence-electron chi connectivity index (χ0n) is 12.9. The smallest absolute Gasteiger partial charge is 0.341 e. The molecule has 24 heavy (non-hydrogen) atoms. The van der Waals surface area contributed by atoms with Crippen LogP contribution in [0.4, 0.5) is 5.00 Å². The minimum Gasteiger partial charge on any atom is -0.483 e. The van der Waals surface area contributed by atoms with E-state index in [9.17, 15) is 14.4 Å². The van der Waals surface area contributed by atoms with Crippen LogP contribution in [0.2, 0.25) is 0 Å². The zero-order chi connectivity index (χ0) is 17.5. The van der Waals surface area contributed by atoms with Crippen molar-refractivity contribution in [1.29, 1.82) is 0 Å². The number of primary amides is 1. The fourth-order valence-electron chi connectivity index (χ4n) is 1.88. The first-order chi connectivity index (χ1) is 11.5. The molecule has 1 heterocycles. The van der Waals surface area contributed by atoms with E-state index in [1.165, 1.54) is 17.4 Å². The molecule has 0 aliphatic carbocycles. The molecule has 2 rings (SSSR count). The summed E-state index contributed by atoms with van der Waals surface area (Å²) in [5, 5.41) is 4.64. The Hall–Kier alpha value is -2.87. The van der Waals surface area contributed by atoms with Crippen LogP contribution in [0.3, 0.4) is 0 Å². The lowest BCUT2D eigenvalue weighted by molar-refractivity contribution is -0.118. The van der Waals surface area contributed by atoms with Crippen molar-refractivity contribution >= 4 is 34.1 Å². The number of esters is 1. The number of ether oxygens (including phenoxy) is 2. The van der Waals surface area contributed by atoms with Crippen LogP contribution in [-0.4, -0.2) is 31.0 Å². The Balaban J connectivity index is 1.99. The number of carbonyl (C=O) groups excluding carboxylic acids is 3. The van der Waals surface area contributed by atoms with Gasteiger partial charge in [-0.1, -0.05) is 12.1 Å². The van der Waals surface area contributed by atoms with Crippen molar-refractivity contribution in [3.8, 4) is 5.75 Å². The predicted molar refractivity (Wildman–Crippen MR) is 89.4 cm³/mol. The van der Waals surface area contributed by atoms with E-state index in [4.69, 9.17) is 15.2 Å². The molecule has 0 atom stereocenters. The Bertz CT molecular complexity index is 756. The molecular weight excluding hydrogens is 332 g/mol. The summed E-state index contributed by atoms with van der Waals surface area (Å²) in [6.07, 6.45) is 0. The van der Waals surface area contributed by atoms with Crippen LogP contribution in [0, 0.1) is 0 Å². The van der Waals surface area contributed by atoms with Gasteiger partial charge in [-0.2, -0.15) is 0 Å². The Morgan fingerprint density at radius 1 is 1.17 bits per heavy atom. The van der Waals surface area contributed by atoms with E-state index < -0.39 is 17.8 Å². The quantitative estimate of drug-likeness (QED) is 0.745. The van der Waals surface area contributed by atoms with Gasteiger partial charge in [-0.25, -0.2) is 4.79 Å². The average molecular weight is 348 g/mol. The summed E-state index contributed by atoms with van der Waals surface area (Å²) in [6, 6.07) is 7.93. The van der Waals surface area contributed by atoms with Crippen LogP contribution >= 0.6 is 11.3 Å². The fourth-order valence-corrected chi connectivity index (χ4v) is 2.67. The van der Waals surface area contributed by atoms with Gasteiger partial charge in [-0.15, -0.1) is 11.3 Å². The van der Waals surface area contributed by atoms with Gasteiger partial charge in [0.25, 0.3) is 11.8 Å². The summed E-state index contributed by atoms with van der Waals surface area (Å²) in [4.78, 5) is 35.1. The molecule has 1 aromatic carbocycles. The monoisotopic (exact) mass is 348 g/mol. The molecule has 0 aliphatic heterocycles. The number of hydrogen-bond donors (Lipinski definition) is 2. The van der Waals surface area contributed by atoms with Gasteiger partial charge in [-0.05, 0) is 30.5 Å². The summed E-state index contributed by atoms with van der Waals surface area (Å²) in [5.41, 5.74) is 5.72. The van der Waals surface area contributed by atoms with Gasteiger partial charge in [0.05, 0.1) is 17.7 Å². The maximum atomic E-state index is 12.0. The molecule has 0 unspecified atom stereocenters. The van der Waals surface area contributed by atoms with Crippen LogP contribution in [0.25, 0.3) is 0 Å². The number of thiophene rings is 1. The highest BCUT2D eigenvalue weighted by Gasteiger charge is 2.17. The number of nitrogens with two attached hydrogens (primary N) is 1. The maximum Gasteiger partial charge on any atom is 0.341 e. The van der Waals surface area contributed by atoms with E-state index in [2.05, 4.69) is 5.32 Å². The van der Waals surface area contributed by atoms with Crippen molar-refractivity contribution in [2.24, 2.45) is 5.73 Å². The molecule has 8 heteroatoms. The first-order valence-electron chi connectivity index (χ1n) is 7.09. The highest BCUT2D eigenvalue weighted by atomic mass is 32.1. The number of hydrogen-bond acceptors (Lipinski definition) is 6. The molecule has 2 aromatic rings. The molecule has 0 fully saturated rings. The Labute approximate surface area is 142 Å². The van der Waals surface area contributed by atoms with Crippen LogP contribution in [0.15, 0.2) is 35.7 Å². The fraction of sp³-hybridized carbons (Fsp3) is 0.188. The molecule has 0 bridgehead atoms. The third kappa shape index (κ3) is 4.32. The normalized spacial score (nSPS) is 10.0. The second-order valence-electron chi connectivity index (χ2n) is 4.58. The Kier molecular flexibility index (Phi) is 5.91. The second-order valence-corrected chi connectivity index (χ2v) is 5.50. The van der Waals surface area contributed by atoms with Crippen molar-refractivity contribution < 1.29 is 23.9 Å². The van der Waals surface area contributed by atoms with E-state index in [1.54, 1.807) is 36.6 Å². The number of benzene rings is 1. The molecule has 7 nitrogen and oxygen atoms in total. The number of nitrogens with one attached hydrogen (secondary N) is 1. The lowest BCUT2D eigenvalue weighted by Crippen LogP contribution is -2.22. The standard InChI is InChI=1S/C16H16N2O5S/c1-2-22-16(21)11-7-8-24-15(11)18-13(19)9-23-12-6-4-3-5-10(12)14(17)20/h3-8H,2,9H2,1H3,(H2,17,20)(H,18,19). The van der Waals surface area contributed by atoms with Crippen molar-refractivity contribution in [3.05, 3.63) is 46.8 Å². The summed E-state index contributed by atoms with van der Waals surface area (Å²) in [5.74, 6) is -1.40. The number of amides is 2. The first-order valence-corrected chi connectivity index (χ1v) is 7.97. The molecular formula is C16H16N2O5S. The molecule has 0 saturated carbocycles. The SMILES string of the molecule is CCOC(=O)c1ccsc1NC(=O)COc1ccccc1C(N)=O. The van der Waals surface area contributed by atoms with Gasteiger partial charge < -0.3 is 20.5 Å². The molecule has 0 aliphatic rings. The van der Waals surface area contributed by atoms with Crippen molar-refractivity contribution in [1.82, 2.24) is 0 Å². The zero-order valence-corrected chi connectivity index (χ0v) is 13.7. The van der Waals surface area contributed by atoms with Gasteiger partial charge in [-0.3, -0.25) is 9.59 Å². The molecule has 3 N–H and O–H groups in total. The van der Waals surface area contributed by atoms with Gasteiger partial charge in [0.1, 0.15) is 10.8 Å². The number of para-hydroxylation sites is 1. The average Bonchev–Trinajstić information content (AvgIpc) is 3.01. The summed E-state index contributed by atoms with van der Waals surface area (Å²) in [6.45, 7) is 1.62. The van der Waals surface area contributed by atoms with Crippen molar-refractivity contribution in [2.75, 3.05) is 18.5 Å². The summed E-state index contributed by atoms with van der Waals surface area (Å²) < 4.78 is 10.2. The van der Waals surface area contributed by atoms with Gasteiger partial charge in [0, 0.05) is 0 Å². The molecule has 2 amide bonds. The summed E-state index contributed by atoms with van der Waals surface area (Å²) >= 11 is 1.20. The molecule has 1 aromatic heterocycles. The van der Waals surface area contributed by atoms with Crippen molar-refractivity contribution in [3.63, 3.8) is 0 Å². The van der Waals surface area contributed by atoms with Crippen LogP contribution in [0.1, 0.15) is 27.6 Å². The summed E-state index contributed by atoms with van der Waals surface area (Å²) in [7, 11) is 0. The number of anilines is 1. The van der Waals surface area contributed by atoms with E-state index in [0.29, 0.717) is 5.00 Å². The van der Waals surface area contributed by atoms with E-state index in [1.807, 2.05) is 0 Å². The maximum absolute atomic E-state index is 12.0. The second kappa shape index (κ2) is 8.11. The Morgan fingerprint density at radius 3 is 2.62 bits per heavy atom. The van der Waals surface area contributed by atoms with E-state index in [0.717, 1.165) is 0 Å². The van der Waals surface area contributed by atoms with Crippen molar-refractivity contribution in [2.45, 2.75) is 6.92 Å². The lowest BCUT2D eigenvalue weighted by Gasteiger charge is -2.10. The largest absolute Gasteiger partial charge is 0.483 e. The van der Waals surface area contributed by atoms with E-state index in [-0.39, 0.29) is 30.1 Å². The Morgan fingerprint density at radius 2 is 1.92 bits per heavy atom. The van der Waals surface area contributed by atoms with Gasteiger partial charge in [0.15, 0.2) is 6.61 Å². The highest BCUT2D eigenvalue weighted by molar-refractivity contribution is 7.14. The van der Waals surface area contributed by atoms with Crippen LogP contribution in [-0.2, 0) is 9.53 Å². The van der Waals surface area contributed by atoms with Crippen LogP contribution in [0.5, 0.6) is 5.75 Å². The van der Waals surface area contributed by atoms with E-state index >= 15 is 0 Å². The molecule has 126 valence electrons. The highest BCUT2D eigenvalue weighted by Crippen LogP contribution is 2.24. The molecule has 0 saturated heterocycles.